The molecule has 0 amide bonds. The SMILES string of the molecule is N#CC1C2CC3CC1CC(N)(C3)C2. The van der Waals surface area contributed by atoms with E-state index in [0.29, 0.717) is 17.8 Å². The molecule has 2 nitrogen and oxygen atoms in total. The molecule has 0 heterocycles. The number of rotatable bonds is 0. The zero-order valence-electron chi connectivity index (χ0n) is 7.87. The lowest BCUT2D eigenvalue weighted by Crippen LogP contribution is -2.58. The van der Waals surface area contributed by atoms with Gasteiger partial charge in [0, 0.05) is 5.54 Å². The molecule has 4 saturated carbocycles. The van der Waals surface area contributed by atoms with E-state index < -0.39 is 0 Å². The van der Waals surface area contributed by atoms with E-state index in [1.807, 2.05) is 0 Å². The summed E-state index contributed by atoms with van der Waals surface area (Å²) in [5.41, 5.74) is 6.46. The van der Waals surface area contributed by atoms with Gasteiger partial charge in [-0.1, -0.05) is 0 Å². The van der Waals surface area contributed by atoms with E-state index >= 15 is 0 Å². The Morgan fingerprint density at radius 2 is 1.77 bits per heavy atom. The van der Waals surface area contributed by atoms with Crippen LogP contribution < -0.4 is 5.73 Å². The Labute approximate surface area is 79.1 Å². The van der Waals surface area contributed by atoms with Crippen molar-refractivity contribution in [1.82, 2.24) is 0 Å². The monoisotopic (exact) mass is 176 g/mol. The number of hydrogen-bond donors (Lipinski definition) is 1. The second kappa shape index (κ2) is 2.27. The molecule has 0 aromatic carbocycles. The van der Waals surface area contributed by atoms with Crippen molar-refractivity contribution in [3.63, 3.8) is 0 Å². The number of nitrogens with zero attached hydrogens (tertiary/aromatic N) is 1. The summed E-state index contributed by atoms with van der Waals surface area (Å²) in [5.74, 6) is 2.47. The van der Waals surface area contributed by atoms with Crippen LogP contribution in [0.2, 0.25) is 0 Å². The van der Waals surface area contributed by atoms with Crippen LogP contribution in [-0.4, -0.2) is 5.54 Å². The van der Waals surface area contributed by atoms with Gasteiger partial charge in [-0.05, 0) is 49.9 Å². The molecule has 4 fully saturated rings. The van der Waals surface area contributed by atoms with Gasteiger partial charge in [0.05, 0.1) is 12.0 Å². The van der Waals surface area contributed by atoms with Crippen molar-refractivity contribution in [3.05, 3.63) is 0 Å². The smallest absolute Gasteiger partial charge is 0.0661 e. The summed E-state index contributed by atoms with van der Waals surface area (Å²) in [7, 11) is 0. The third-order valence-corrected chi connectivity index (χ3v) is 4.47. The molecule has 2 unspecified atom stereocenters. The number of hydrogen-bond acceptors (Lipinski definition) is 2. The van der Waals surface area contributed by atoms with Crippen LogP contribution in [-0.2, 0) is 0 Å². The van der Waals surface area contributed by atoms with Gasteiger partial charge in [-0.2, -0.15) is 5.26 Å². The van der Waals surface area contributed by atoms with Crippen LogP contribution in [0.5, 0.6) is 0 Å². The van der Waals surface area contributed by atoms with Crippen LogP contribution in [0.25, 0.3) is 0 Å². The van der Waals surface area contributed by atoms with Crippen molar-refractivity contribution in [2.24, 2.45) is 29.4 Å². The molecular weight excluding hydrogens is 160 g/mol. The van der Waals surface area contributed by atoms with Crippen LogP contribution in [0.15, 0.2) is 0 Å². The second-order valence-corrected chi connectivity index (χ2v) is 5.49. The van der Waals surface area contributed by atoms with E-state index in [9.17, 15) is 0 Å². The quantitative estimate of drug-likeness (QED) is 0.610. The summed E-state index contributed by atoms with van der Waals surface area (Å²) in [6, 6.07) is 2.51. The highest BCUT2D eigenvalue weighted by atomic mass is 14.8. The molecule has 2 atom stereocenters. The zero-order valence-corrected chi connectivity index (χ0v) is 7.87. The summed E-state index contributed by atoms with van der Waals surface area (Å²) in [5, 5.41) is 9.09. The minimum Gasteiger partial charge on any atom is -0.325 e. The van der Waals surface area contributed by atoms with Crippen LogP contribution in [0.3, 0.4) is 0 Å². The molecule has 0 aromatic heterocycles. The molecule has 0 spiro atoms. The van der Waals surface area contributed by atoms with Gasteiger partial charge in [-0.15, -0.1) is 0 Å². The Bertz CT molecular complexity index is 262. The molecule has 70 valence electrons. The Morgan fingerprint density at radius 1 is 1.15 bits per heavy atom. The Morgan fingerprint density at radius 3 is 2.23 bits per heavy atom. The fraction of sp³-hybridized carbons (Fsp3) is 0.909. The van der Waals surface area contributed by atoms with Gasteiger partial charge < -0.3 is 5.73 Å². The summed E-state index contributed by atoms with van der Waals surface area (Å²) < 4.78 is 0. The first-order valence-corrected chi connectivity index (χ1v) is 5.39. The van der Waals surface area contributed by atoms with Crippen LogP contribution in [0.1, 0.15) is 32.1 Å². The van der Waals surface area contributed by atoms with Gasteiger partial charge in [-0.3, -0.25) is 0 Å². The lowest BCUT2D eigenvalue weighted by atomic mass is 9.49. The Balaban J connectivity index is 1.95. The fourth-order valence-electron chi connectivity index (χ4n) is 4.30. The van der Waals surface area contributed by atoms with Gasteiger partial charge in [-0.25, -0.2) is 0 Å². The predicted octanol–water partition coefficient (Wildman–Crippen LogP) is 1.66. The molecule has 0 aliphatic heterocycles. The molecule has 4 bridgehead atoms. The number of nitriles is 1. The molecule has 0 aromatic rings. The molecule has 2 heteroatoms. The van der Waals surface area contributed by atoms with E-state index in [2.05, 4.69) is 6.07 Å². The zero-order chi connectivity index (χ0) is 9.05. The first kappa shape index (κ1) is 7.82. The average Bonchev–Trinajstić information content (AvgIpc) is 2.00. The third-order valence-electron chi connectivity index (χ3n) is 4.47. The van der Waals surface area contributed by atoms with Crippen molar-refractivity contribution in [2.75, 3.05) is 0 Å². The fourth-order valence-corrected chi connectivity index (χ4v) is 4.30. The lowest BCUT2D eigenvalue weighted by molar-refractivity contribution is -0.0298. The lowest BCUT2D eigenvalue weighted by Gasteiger charge is -2.57. The van der Waals surface area contributed by atoms with Gasteiger partial charge in [0.15, 0.2) is 0 Å². The van der Waals surface area contributed by atoms with Crippen molar-refractivity contribution in [3.8, 4) is 6.07 Å². The predicted molar refractivity (Wildman–Crippen MR) is 49.6 cm³/mol. The van der Waals surface area contributed by atoms with Crippen LogP contribution >= 0.6 is 0 Å². The third kappa shape index (κ3) is 0.971. The highest BCUT2D eigenvalue weighted by molar-refractivity contribution is 5.12. The van der Waals surface area contributed by atoms with E-state index in [1.165, 1.54) is 19.3 Å². The largest absolute Gasteiger partial charge is 0.325 e. The molecule has 0 saturated heterocycles. The molecule has 13 heavy (non-hydrogen) atoms. The minimum atomic E-state index is 0.129. The normalized spacial score (nSPS) is 57.8. The minimum absolute atomic E-state index is 0.129. The van der Waals surface area contributed by atoms with Gasteiger partial charge in [0.2, 0.25) is 0 Å². The number of nitrogens with two attached hydrogens (primary N) is 1. The first-order valence-electron chi connectivity index (χ1n) is 5.39. The summed E-state index contributed by atoms with van der Waals surface area (Å²) >= 11 is 0. The summed E-state index contributed by atoms with van der Waals surface area (Å²) in [4.78, 5) is 0. The maximum absolute atomic E-state index is 9.09. The van der Waals surface area contributed by atoms with Crippen LogP contribution in [0, 0.1) is 35.0 Å². The maximum atomic E-state index is 9.09. The summed E-state index contributed by atoms with van der Waals surface area (Å²) in [6.45, 7) is 0. The molecule has 0 radical (unpaired) electrons. The molecule has 4 rings (SSSR count). The summed E-state index contributed by atoms with van der Waals surface area (Å²) in [6.07, 6.45) is 6.05. The molecule has 2 N–H and O–H groups in total. The molecule has 4 aliphatic rings. The van der Waals surface area contributed by atoms with Crippen molar-refractivity contribution < 1.29 is 0 Å². The maximum Gasteiger partial charge on any atom is 0.0661 e. The van der Waals surface area contributed by atoms with Crippen molar-refractivity contribution in [2.45, 2.75) is 37.6 Å². The topological polar surface area (TPSA) is 49.8 Å². The second-order valence-electron chi connectivity index (χ2n) is 5.49. The van der Waals surface area contributed by atoms with E-state index in [-0.39, 0.29) is 5.54 Å². The molecular formula is C11H16N2. The van der Waals surface area contributed by atoms with Gasteiger partial charge in [0.1, 0.15) is 0 Å². The Kier molecular flexibility index (Phi) is 1.37. The van der Waals surface area contributed by atoms with E-state index in [4.69, 9.17) is 11.0 Å². The standard InChI is InChI=1S/C11H16N2/c12-6-10-8-1-7-2-9(10)5-11(13,3-7)4-8/h7-10H,1-5,13H2. The Hall–Kier alpha value is -0.550. The highest BCUT2D eigenvalue weighted by Gasteiger charge is 2.53. The van der Waals surface area contributed by atoms with Gasteiger partial charge in [0.25, 0.3) is 0 Å². The average molecular weight is 176 g/mol. The van der Waals surface area contributed by atoms with Gasteiger partial charge >= 0.3 is 0 Å². The van der Waals surface area contributed by atoms with Crippen molar-refractivity contribution >= 4 is 0 Å². The van der Waals surface area contributed by atoms with Crippen LogP contribution in [0.4, 0.5) is 0 Å². The van der Waals surface area contributed by atoms with E-state index in [0.717, 1.165) is 18.8 Å². The molecule has 4 aliphatic carbocycles. The first-order chi connectivity index (χ1) is 6.20. The van der Waals surface area contributed by atoms with Crippen molar-refractivity contribution in [1.29, 1.82) is 5.26 Å². The van der Waals surface area contributed by atoms with E-state index in [1.54, 1.807) is 0 Å². The highest BCUT2D eigenvalue weighted by Crippen LogP contribution is 2.57.